The molecule has 24 heavy (non-hydrogen) atoms. The number of hydrogen-bond donors (Lipinski definition) is 0. The van der Waals surface area contributed by atoms with Crippen molar-refractivity contribution in [2.24, 2.45) is 0 Å². The Labute approximate surface area is 147 Å². The minimum absolute atomic E-state index is 0.155. The van der Waals surface area contributed by atoms with E-state index in [1.165, 1.54) is 5.56 Å². The lowest BCUT2D eigenvalue weighted by molar-refractivity contribution is -0.139. The summed E-state index contributed by atoms with van der Waals surface area (Å²) in [6.07, 6.45) is 0. The van der Waals surface area contributed by atoms with Crippen molar-refractivity contribution in [1.82, 2.24) is 9.80 Å². The number of likely N-dealkylation sites (N-methyl/N-ethyl adjacent to an activating group) is 1. The Balaban J connectivity index is 2.91. The molecule has 0 fully saturated rings. The van der Waals surface area contributed by atoms with Gasteiger partial charge in [0.2, 0.25) is 5.91 Å². The average Bonchev–Trinajstić information content (AvgIpc) is 2.45. The monoisotopic (exact) mass is 334 g/mol. The highest BCUT2D eigenvalue weighted by Crippen LogP contribution is 2.25. The van der Waals surface area contributed by atoms with Gasteiger partial charge in [-0.2, -0.15) is 0 Å². The maximum Gasteiger partial charge on any atom is 0.240 e. The molecule has 0 bridgehead atoms. The fourth-order valence-electron chi connectivity index (χ4n) is 3.39. The highest BCUT2D eigenvalue weighted by atomic mass is 16.5. The zero-order valence-electron chi connectivity index (χ0n) is 16.8. The number of nitrogens with zero attached hydrogens (tertiary/aromatic N) is 2. The second-order valence-electron chi connectivity index (χ2n) is 7.29. The second-order valence-corrected chi connectivity index (χ2v) is 7.29. The Morgan fingerprint density at radius 2 is 1.50 bits per heavy atom. The number of methoxy groups -OCH3 is 1. The predicted octanol–water partition coefficient (Wildman–Crippen LogP) is 3.78. The molecule has 0 aromatic heterocycles. The summed E-state index contributed by atoms with van der Waals surface area (Å²) in [6, 6.07) is 4.54. The molecule has 136 valence electrons. The van der Waals surface area contributed by atoms with E-state index in [0.717, 1.165) is 23.4 Å². The third kappa shape index (κ3) is 4.73. The lowest BCUT2D eigenvalue weighted by atomic mass is 10.0. The van der Waals surface area contributed by atoms with Crippen LogP contribution in [0.25, 0.3) is 0 Å². The fraction of sp³-hybridized carbons (Fsp3) is 0.650. The molecule has 0 N–H and O–H groups in total. The highest BCUT2D eigenvalue weighted by Gasteiger charge is 2.27. The van der Waals surface area contributed by atoms with E-state index < -0.39 is 0 Å². The van der Waals surface area contributed by atoms with E-state index in [1.807, 2.05) is 18.9 Å². The van der Waals surface area contributed by atoms with E-state index >= 15 is 0 Å². The molecule has 0 radical (unpaired) electrons. The van der Waals surface area contributed by atoms with Gasteiger partial charge < -0.3 is 9.64 Å². The number of rotatable bonds is 7. The van der Waals surface area contributed by atoms with Gasteiger partial charge in [0, 0.05) is 18.6 Å². The summed E-state index contributed by atoms with van der Waals surface area (Å²) in [6.45, 7) is 15.1. The molecule has 1 unspecified atom stereocenters. The van der Waals surface area contributed by atoms with E-state index in [9.17, 15) is 4.79 Å². The molecule has 4 nitrogen and oxygen atoms in total. The SMILES string of the molecule is COc1c(C)cc(CN(C)C(C)C(=O)N(C(C)C)C(C)C)cc1C. The number of aryl methyl sites for hydroxylation is 2. The van der Waals surface area contributed by atoms with E-state index in [0.29, 0.717) is 0 Å². The fourth-order valence-corrected chi connectivity index (χ4v) is 3.39. The maximum absolute atomic E-state index is 12.9. The standard InChI is InChI=1S/C20H34N2O2/c1-13(2)22(14(3)4)20(23)17(7)21(8)12-18-10-15(5)19(24-9)16(6)11-18/h10-11,13-14,17H,12H2,1-9H3. The number of ether oxygens (including phenoxy) is 1. The van der Waals surface area contributed by atoms with Gasteiger partial charge >= 0.3 is 0 Å². The van der Waals surface area contributed by atoms with Crippen LogP contribution in [0.2, 0.25) is 0 Å². The summed E-state index contributed by atoms with van der Waals surface area (Å²) < 4.78 is 5.43. The maximum atomic E-state index is 12.9. The van der Waals surface area contributed by atoms with Crippen LogP contribution in [-0.4, -0.2) is 48.0 Å². The first-order chi connectivity index (χ1) is 11.1. The Morgan fingerprint density at radius 1 is 1.04 bits per heavy atom. The quantitative estimate of drug-likeness (QED) is 0.761. The number of benzene rings is 1. The zero-order valence-corrected chi connectivity index (χ0v) is 16.8. The number of carbonyl (C=O) groups excluding carboxylic acids is 1. The number of hydrogen-bond acceptors (Lipinski definition) is 3. The summed E-state index contributed by atoms with van der Waals surface area (Å²) in [5.74, 6) is 1.13. The summed E-state index contributed by atoms with van der Waals surface area (Å²) in [4.78, 5) is 16.9. The van der Waals surface area contributed by atoms with Crippen molar-refractivity contribution in [1.29, 1.82) is 0 Å². The minimum atomic E-state index is -0.155. The first-order valence-electron chi connectivity index (χ1n) is 8.76. The van der Waals surface area contributed by atoms with E-state index in [1.54, 1.807) is 7.11 Å². The summed E-state index contributed by atoms with van der Waals surface area (Å²) in [5, 5.41) is 0. The van der Waals surface area contributed by atoms with Crippen molar-refractivity contribution in [3.8, 4) is 5.75 Å². The van der Waals surface area contributed by atoms with Crippen molar-refractivity contribution in [3.05, 3.63) is 28.8 Å². The Hall–Kier alpha value is -1.55. The predicted molar refractivity (Wildman–Crippen MR) is 101 cm³/mol. The first kappa shape index (κ1) is 20.5. The van der Waals surface area contributed by atoms with Crippen LogP contribution in [0.1, 0.15) is 51.3 Å². The Morgan fingerprint density at radius 3 is 1.88 bits per heavy atom. The van der Waals surface area contributed by atoms with Crippen LogP contribution in [0.5, 0.6) is 5.75 Å². The Kier molecular flexibility index (Phi) is 7.27. The molecule has 4 heteroatoms. The molecule has 0 aliphatic rings. The second kappa shape index (κ2) is 8.52. The molecule has 1 aromatic rings. The van der Waals surface area contributed by atoms with Gasteiger partial charge in [0.1, 0.15) is 5.75 Å². The summed E-state index contributed by atoms with van der Waals surface area (Å²) in [7, 11) is 3.71. The highest BCUT2D eigenvalue weighted by molar-refractivity contribution is 5.82. The lowest BCUT2D eigenvalue weighted by Gasteiger charge is -2.36. The van der Waals surface area contributed by atoms with Crippen molar-refractivity contribution in [2.75, 3.05) is 14.2 Å². The van der Waals surface area contributed by atoms with Gasteiger partial charge in [-0.05, 0) is 72.2 Å². The van der Waals surface area contributed by atoms with Crippen LogP contribution < -0.4 is 4.74 Å². The number of carbonyl (C=O) groups is 1. The molecule has 0 spiro atoms. The molecule has 0 aliphatic heterocycles. The molecule has 1 rings (SSSR count). The van der Waals surface area contributed by atoms with E-state index in [2.05, 4.69) is 58.6 Å². The third-order valence-corrected chi connectivity index (χ3v) is 4.54. The van der Waals surface area contributed by atoms with Gasteiger partial charge in [-0.1, -0.05) is 12.1 Å². The van der Waals surface area contributed by atoms with Gasteiger partial charge in [-0.3, -0.25) is 9.69 Å². The molecule has 0 saturated carbocycles. The van der Waals surface area contributed by atoms with Gasteiger partial charge in [-0.15, -0.1) is 0 Å². The van der Waals surface area contributed by atoms with Gasteiger partial charge in [0.05, 0.1) is 13.2 Å². The van der Waals surface area contributed by atoms with Crippen LogP contribution >= 0.6 is 0 Å². The summed E-state index contributed by atoms with van der Waals surface area (Å²) in [5.41, 5.74) is 3.46. The number of amides is 1. The smallest absolute Gasteiger partial charge is 0.240 e. The topological polar surface area (TPSA) is 32.8 Å². The average molecular weight is 335 g/mol. The van der Waals surface area contributed by atoms with Crippen molar-refractivity contribution >= 4 is 5.91 Å². The zero-order chi connectivity index (χ0) is 18.6. The molecule has 0 heterocycles. The van der Waals surface area contributed by atoms with Crippen molar-refractivity contribution in [2.45, 2.75) is 73.1 Å². The van der Waals surface area contributed by atoms with Crippen LogP contribution in [0.4, 0.5) is 0 Å². The van der Waals surface area contributed by atoms with Crippen molar-refractivity contribution < 1.29 is 9.53 Å². The first-order valence-corrected chi connectivity index (χ1v) is 8.76. The summed E-state index contributed by atoms with van der Waals surface area (Å²) >= 11 is 0. The Bertz CT molecular complexity index is 536. The van der Waals surface area contributed by atoms with Gasteiger partial charge in [0.25, 0.3) is 0 Å². The van der Waals surface area contributed by atoms with Crippen molar-refractivity contribution in [3.63, 3.8) is 0 Å². The van der Waals surface area contributed by atoms with Crippen LogP contribution in [0.15, 0.2) is 12.1 Å². The minimum Gasteiger partial charge on any atom is -0.496 e. The van der Waals surface area contributed by atoms with Crippen LogP contribution in [0, 0.1) is 13.8 Å². The molecular formula is C20H34N2O2. The van der Waals surface area contributed by atoms with Crippen LogP contribution in [-0.2, 0) is 11.3 Å². The van der Waals surface area contributed by atoms with Gasteiger partial charge in [-0.25, -0.2) is 0 Å². The molecule has 0 saturated heterocycles. The lowest BCUT2D eigenvalue weighted by Crippen LogP contribution is -2.50. The molecular weight excluding hydrogens is 300 g/mol. The molecule has 1 amide bonds. The van der Waals surface area contributed by atoms with Crippen LogP contribution in [0.3, 0.4) is 0 Å². The van der Waals surface area contributed by atoms with E-state index in [4.69, 9.17) is 4.74 Å². The largest absolute Gasteiger partial charge is 0.496 e. The third-order valence-electron chi connectivity index (χ3n) is 4.54. The normalized spacial score (nSPS) is 12.8. The molecule has 0 aliphatic carbocycles. The molecule has 1 atom stereocenters. The van der Waals surface area contributed by atoms with Gasteiger partial charge in [0.15, 0.2) is 0 Å². The molecule has 1 aromatic carbocycles. The van der Waals surface area contributed by atoms with E-state index in [-0.39, 0.29) is 24.0 Å².